The average molecular weight is 193 g/mol. The molecule has 2 atom stereocenters. The first-order chi connectivity index (χ1) is 6.90. The Balaban J connectivity index is 1.94. The van der Waals surface area contributed by atoms with E-state index in [9.17, 15) is 0 Å². The second-order valence-electron chi connectivity index (χ2n) is 4.13. The largest absolute Gasteiger partial charge is 0.469 e. The summed E-state index contributed by atoms with van der Waals surface area (Å²) in [6.45, 7) is 3.26. The van der Waals surface area contributed by atoms with Gasteiger partial charge >= 0.3 is 0 Å². The van der Waals surface area contributed by atoms with Gasteiger partial charge in [-0.15, -0.1) is 0 Å². The molecular weight excluding hydrogens is 174 g/mol. The molecule has 78 valence electrons. The molecule has 2 nitrogen and oxygen atoms in total. The summed E-state index contributed by atoms with van der Waals surface area (Å²) in [5.41, 5.74) is 0. The van der Waals surface area contributed by atoms with Crippen molar-refractivity contribution in [3.63, 3.8) is 0 Å². The van der Waals surface area contributed by atoms with Crippen molar-refractivity contribution in [3.05, 3.63) is 24.2 Å². The first-order valence-electron chi connectivity index (χ1n) is 5.67. The zero-order valence-electron chi connectivity index (χ0n) is 8.83. The second kappa shape index (κ2) is 4.65. The lowest BCUT2D eigenvalue weighted by Crippen LogP contribution is -2.33. The predicted molar refractivity (Wildman–Crippen MR) is 57.4 cm³/mol. The van der Waals surface area contributed by atoms with Crippen LogP contribution in [0.2, 0.25) is 0 Å². The van der Waals surface area contributed by atoms with Gasteiger partial charge < -0.3 is 9.73 Å². The highest BCUT2D eigenvalue weighted by Gasteiger charge is 2.23. The molecule has 2 rings (SSSR count). The van der Waals surface area contributed by atoms with Crippen LogP contribution >= 0.6 is 0 Å². The maximum absolute atomic E-state index is 5.47. The molecule has 0 aliphatic heterocycles. The van der Waals surface area contributed by atoms with E-state index in [2.05, 4.69) is 18.3 Å². The predicted octanol–water partition coefficient (Wildman–Crippen LogP) is 2.92. The summed E-state index contributed by atoms with van der Waals surface area (Å²) < 4.78 is 5.47. The normalized spacial score (nSPS) is 27.8. The molecule has 1 heterocycles. The maximum Gasteiger partial charge on any atom is 0.106 e. The fraction of sp³-hybridized carbons (Fsp3) is 0.667. The van der Waals surface area contributed by atoms with Gasteiger partial charge in [0.1, 0.15) is 5.76 Å². The Labute approximate surface area is 85.7 Å². The first-order valence-corrected chi connectivity index (χ1v) is 5.67. The number of rotatable bonds is 3. The van der Waals surface area contributed by atoms with Crippen LogP contribution in [0.25, 0.3) is 0 Å². The van der Waals surface area contributed by atoms with Crippen LogP contribution in [0.4, 0.5) is 0 Å². The van der Waals surface area contributed by atoms with Crippen molar-refractivity contribution in [2.45, 2.75) is 44.6 Å². The Hall–Kier alpha value is -0.760. The summed E-state index contributed by atoms with van der Waals surface area (Å²) in [6.07, 6.45) is 6.96. The first kappa shape index (κ1) is 9.78. The van der Waals surface area contributed by atoms with Crippen molar-refractivity contribution in [1.82, 2.24) is 5.32 Å². The van der Waals surface area contributed by atoms with Crippen molar-refractivity contribution in [1.29, 1.82) is 0 Å². The van der Waals surface area contributed by atoms with Crippen LogP contribution in [-0.4, -0.2) is 12.6 Å². The number of hydrogen-bond acceptors (Lipinski definition) is 2. The summed E-state index contributed by atoms with van der Waals surface area (Å²) in [7, 11) is 0. The van der Waals surface area contributed by atoms with E-state index in [4.69, 9.17) is 4.42 Å². The lowest BCUT2D eigenvalue weighted by atomic mass is 9.84. The Morgan fingerprint density at radius 2 is 2.43 bits per heavy atom. The quantitative estimate of drug-likeness (QED) is 0.798. The van der Waals surface area contributed by atoms with Crippen LogP contribution in [0.1, 0.15) is 44.3 Å². The van der Waals surface area contributed by atoms with Crippen molar-refractivity contribution in [2.24, 2.45) is 0 Å². The Morgan fingerprint density at radius 3 is 3.14 bits per heavy atom. The molecule has 2 heteroatoms. The zero-order valence-corrected chi connectivity index (χ0v) is 8.83. The molecule has 1 aliphatic carbocycles. The molecule has 1 aromatic heterocycles. The van der Waals surface area contributed by atoms with Crippen LogP contribution in [0.15, 0.2) is 22.8 Å². The Bertz CT molecular complexity index is 253. The van der Waals surface area contributed by atoms with E-state index in [0.29, 0.717) is 12.0 Å². The highest BCUT2D eigenvalue weighted by Crippen LogP contribution is 2.32. The highest BCUT2D eigenvalue weighted by atomic mass is 16.3. The lowest BCUT2D eigenvalue weighted by Gasteiger charge is -2.28. The fourth-order valence-electron chi connectivity index (χ4n) is 2.45. The molecule has 0 radical (unpaired) electrons. The van der Waals surface area contributed by atoms with Crippen molar-refractivity contribution in [2.75, 3.05) is 6.54 Å². The molecule has 0 spiro atoms. The van der Waals surface area contributed by atoms with E-state index < -0.39 is 0 Å². The third-order valence-corrected chi connectivity index (χ3v) is 3.11. The van der Waals surface area contributed by atoms with Gasteiger partial charge in [0.05, 0.1) is 6.26 Å². The van der Waals surface area contributed by atoms with Crippen LogP contribution in [0, 0.1) is 0 Å². The number of hydrogen-bond donors (Lipinski definition) is 1. The summed E-state index contributed by atoms with van der Waals surface area (Å²) in [6, 6.07) is 4.80. The SMILES string of the molecule is CCNC1CCCC(c2ccco2)C1. The van der Waals surface area contributed by atoms with E-state index in [1.54, 1.807) is 6.26 Å². The smallest absolute Gasteiger partial charge is 0.106 e. The zero-order chi connectivity index (χ0) is 9.80. The molecule has 1 aromatic rings. The van der Waals surface area contributed by atoms with Crippen molar-refractivity contribution >= 4 is 0 Å². The fourth-order valence-corrected chi connectivity index (χ4v) is 2.45. The third kappa shape index (κ3) is 2.18. The minimum Gasteiger partial charge on any atom is -0.469 e. The minimum atomic E-state index is 0.641. The van der Waals surface area contributed by atoms with Gasteiger partial charge in [0.2, 0.25) is 0 Å². The van der Waals surface area contributed by atoms with Crippen molar-refractivity contribution in [3.8, 4) is 0 Å². The third-order valence-electron chi connectivity index (χ3n) is 3.11. The molecule has 1 saturated carbocycles. The maximum atomic E-state index is 5.47. The van der Waals surface area contributed by atoms with Crippen LogP contribution < -0.4 is 5.32 Å². The minimum absolute atomic E-state index is 0.641. The van der Waals surface area contributed by atoms with Gasteiger partial charge in [-0.1, -0.05) is 13.3 Å². The molecule has 2 unspecified atom stereocenters. The molecule has 0 saturated heterocycles. The van der Waals surface area contributed by atoms with E-state index >= 15 is 0 Å². The molecule has 1 aliphatic rings. The molecule has 0 bridgehead atoms. The average Bonchev–Trinajstić information content (AvgIpc) is 2.71. The van der Waals surface area contributed by atoms with E-state index in [0.717, 1.165) is 6.54 Å². The summed E-state index contributed by atoms with van der Waals surface area (Å²) in [5, 5.41) is 3.53. The molecule has 0 aromatic carbocycles. The van der Waals surface area contributed by atoms with E-state index in [-0.39, 0.29) is 0 Å². The summed E-state index contributed by atoms with van der Waals surface area (Å²) in [5.74, 6) is 1.82. The Morgan fingerprint density at radius 1 is 1.50 bits per heavy atom. The number of nitrogens with one attached hydrogen (secondary N) is 1. The standard InChI is InChI=1S/C12H19NO/c1-2-13-11-6-3-5-10(9-11)12-7-4-8-14-12/h4,7-8,10-11,13H,2-3,5-6,9H2,1H3. The highest BCUT2D eigenvalue weighted by molar-refractivity contribution is 5.07. The second-order valence-corrected chi connectivity index (χ2v) is 4.13. The van der Waals surface area contributed by atoms with Gasteiger partial charge in [-0.2, -0.15) is 0 Å². The number of furan rings is 1. The monoisotopic (exact) mass is 193 g/mol. The van der Waals surface area contributed by atoms with Crippen molar-refractivity contribution < 1.29 is 4.42 Å². The van der Waals surface area contributed by atoms with Gasteiger partial charge in [-0.25, -0.2) is 0 Å². The van der Waals surface area contributed by atoms with Crippen LogP contribution in [-0.2, 0) is 0 Å². The molecular formula is C12H19NO. The van der Waals surface area contributed by atoms with Gasteiger partial charge in [-0.3, -0.25) is 0 Å². The molecule has 0 amide bonds. The molecule has 14 heavy (non-hydrogen) atoms. The topological polar surface area (TPSA) is 25.2 Å². The van der Waals surface area contributed by atoms with Gasteiger partial charge in [0.25, 0.3) is 0 Å². The van der Waals surface area contributed by atoms with Crippen LogP contribution in [0.5, 0.6) is 0 Å². The molecule has 1 fully saturated rings. The van der Waals surface area contributed by atoms with Crippen LogP contribution in [0.3, 0.4) is 0 Å². The molecule has 1 N–H and O–H groups in total. The summed E-state index contributed by atoms with van der Waals surface area (Å²) >= 11 is 0. The van der Waals surface area contributed by atoms with E-state index in [1.165, 1.54) is 31.4 Å². The van der Waals surface area contributed by atoms with Gasteiger partial charge in [-0.05, 0) is 37.9 Å². The van der Waals surface area contributed by atoms with Gasteiger partial charge in [0, 0.05) is 12.0 Å². The van der Waals surface area contributed by atoms with E-state index in [1.807, 2.05) is 6.07 Å². The van der Waals surface area contributed by atoms with Gasteiger partial charge in [0.15, 0.2) is 0 Å². The Kier molecular flexibility index (Phi) is 3.25. The lowest BCUT2D eigenvalue weighted by molar-refractivity contribution is 0.312. The summed E-state index contributed by atoms with van der Waals surface area (Å²) in [4.78, 5) is 0.